The van der Waals surface area contributed by atoms with E-state index in [1.54, 1.807) is 5.57 Å². The highest BCUT2D eigenvalue weighted by Crippen LogP contribution is 2.75. The maximum absolute atomic E-state index is 13.0. The number of hydrogen-bond donors (Lipinski definition) is 2. The lowest BCUT2D eigenvalue weighted by molar-refractivity contribution is -0.196. The average molecular weight is 457 g/mol. The van der Waals surface area contributed by atoms with E-state index in [1.807, 2.05) is 6.92 Å². The van der Waals surface area contributed by atoms with Gasteiger partial charge in [0.25, 0.3) is 0 Å². The molecule has 4 saturated carbocycles. The van der Waals surface area contributed by atoms with Crippen LogP contribution in [-0.4, -0.2) is 28.7 Å². The van der Waals surface area contributed by atoms with Gasteiger partial charge < -0.3 is 10.2 Å². The zero-order chi connectivity index (χ0) is 24.2. The lowest BCUT2D eigenvalue weighted by Gasteiger charge is -2.71. The van der Waals surface area contributed by atoms with Crippen LogP contribution in [0, 0.1) is 50.2 Å². The van der Waals surface area contributed by atoms with Crippen molar-refractivity contribution in [2.45, 2.75) is 112 Å². The van der Waals surface area contributed by atoms with Crippen molar-refractivity contribution in [1.82, 2.24) is 0 Å². The molecule has 3 nitrogen and oxygen atoms in total. The Morgan fingerprint density at radius 1 is 0.909 bits per heavy atom. The van der Waals surface area contributed by atoms with Gasteiger partial charge in [-0.25, -0.2) is 0 Å². The summed E-state index contributed by atoms with van der Waals surface area (Å²) in [4.78, 5) is 13.0. The molecule has 5 aliphatic rings. The molecule has 33 heavy (non-hydrogen) atoms. The van der Waals surface area contributed by atoms with Crippen LogP contribution < -0.4 is 0 Å². The Kier molecular flexibility index (Phi) is 5.07. The first-order valence-corrected chi connectivity index (χ1v) is 13.7. The summed E-state index contributed by atoms with van der Waals surface area (Å²) in [5.41, 5.74) is 1.69. The number of carbonyl (C=O) groups excluding carboxylic acids is 1. The van der Waals surface area contributed by atoms with Crippen LogP contribution in [0.15, 0.2) is 11.6 Å². The summed E-state index contributed by atoms with van der Waals surface area (Å²) in [5, 5.41) is 21.6. The van der Waals surface area contributed by atoms with Gasteiger partial charge in [0.15, 0.2) is 0 Å². The first-order chi connectivity index (χ1) is 15.2. The first-order valence-electron chi connectivity index (χ1n) is 13.7. The van der Waals surface area contributed by atoms with E-state index >= 15 is 0 Å². The van der Waals surface area contributed by atoms with Crippen LogP contribution in [-0.2, 0) is 4.79 Å². The molecular weight excluding hydrogens is 408 g/mol. The van der Waals surface area contributed by atoms with Gasteiger partial charge in [-0.05, 0) is 90.8 Å². The van der Waals surface area contributed by atoms with Crippen LogP contribution in [0.4, 0.5) is 0 Å². The second kappa shape index (κ2) is 6.96. The number of hydrogen-bond acceptors (Lipinski definition) is 3. The number of rotatable bonds is 1. The van der Waals surface area contributed by atoms with Gasteiger partial charge in [0, 0.05) is 11.8 Å². The lowest BCUT2D eigenvalue weighted by atomic mass is 9.33. The van der Waals surface area contributed by atoms with Gasteiger partial charge in [-0.2, -0.15) is 0 Å². The summed E-state index contributed by atoms with van der Waals surface area (Å²) in [5.74, 6) is 1.56. The van der Waals surface area contributed by atoms with Gasteiger partial charge in [0.2, 0.25) is 0 Å². The van der Waals surface area contributed by atoms with E-state index in [0.717, 1.165) is 44.9 Å². The molecule has 0 bridgehead atoms. The second-order valence-corrected chi connectivity index (χ2v) is 14.9. The summed E-state index contributed by atoms with van der Waals surface area (Å²) >= 11 is 0. The molecule has 0 amide bonds. The van der Waals surface area contributed by atoms with Crippen LogP contribution in [0.25, 0.3) is 0 Å². The van der Waals surface area contributed by atoms with Crippen molar-refractivity contribution < 1.29 is 15.0 Å². The maximum Gasteiger partial charge on any atom is 0.141 e. The van der Waals surface area contributed by atoms with Crippen molar-refractivity contribution in [2.75, 3.05) is 6.61 Å². The quantitative estimate of drug-likeness (QED) is 0.454. The summed E-state index contributed by atoms with van der Waals surface area (Å²) in [6.07, 6.45) is 11.6. The highest BCUT2D eigenvalue weighted by Gasteiger charge is 2.69. The Hall–Kier alpha value is -0.670. The molecular formula is C30H48O3. The highest BCUT2D eigenvalue weighted by molar-refractivity contribution is 5.86. The van der Waals surface area contributed by atoms with Crippen LogP contribution in [0.5, 0.6) is 0 Å². The van der Waals surface area contributed by atoms with Crippen molar-refractivity contribution in [3.05, 3.63) is 11.6 Å². The molecule has 0 saturated heterocycles. The average Bonchev–Trinajstić information content (AvgIpc) is 2.73. The third-order valence-corrected chi connectivity index (χ3v) is 13.0. The van der Waals surface area contributed by atoms with E-state index in [4.69, 9.17) is 0 Å². The molecule has 5 aliphatic carbocycles. The van der Waals surface area contributed by atoms with Gasteiger partial charge in [-0.15, -0.1) is 0 Å². The molecule has 3 heteroatoms. The molecule has 9 atom stereocenters. The predicted octanol–water partition coefficient (Wildman–Crippen LogP) is 6.32. The summed E-state index contributed by atoms with van der Waals surface area (Å²) in [6, 6.07) is 0. The van der Waals surface area contributed by atoms with E-state index in [2.05, 4.69) is 47.6 Å². The smallest absolute Gasteiger partial charge is 0.141 e. The van der Waals surface area contributed by atoms with Gasteiger partial charge in [0.1, 0.15) is 5.78 Å². The fraction of sp³-hybridized carbons (Fsp3) is 0.900. The zero-order valence-electron chi connectivity index (χ0n) is 22.3. The number of aliphatic hydroxyl groups excluding tert-OH is 2. The van der Waals surface area contributed by atoms with E-state index < -0.39 is 5.41 Å². The highest BCUT2D eigenvalue weighted by atomic mass is 16.3. The van der Waals surface area contributed by atoms with Crippen molar-refractivity contribution in [2.24, 2.45) is 50.2 Å². The van der Waals surface area contributed by atoms with Crippen LogP contribution in [0.1, 0.15) is 106 Å². The second-order valence-electron chi connectivity index (χ2n) is 14.9. The standard InChI is InChI=1S/C30H48O3/c1-25(2)16-20-19-8-9-22-27(4)12-11-23(32)28(5,18-31)21(27)10-13-30(22,7)29(19,6)15-14-26(20,3)24(33)17-25/h8,20-22,24,31,33H,9-18H2,1-7H3/t20-,21?,22-,24-,26-,27+,28-,29-,30-/m1/s1. The largest absolute Gasteiger partial charge is 0.395 e. The molecule has 0 aliphatic heterocycles. The molecule has 0 aromatic heterocycles. The van der Waals surface area contributed by atoms with Crippen LogP contribution >= 0.6 is 0 Å². The Morgan fingerprint density at radius 3 is 2.27 bits per heavy atom. The zero-order valence-corrected chi connectivity index (χ0v) is 22.3. The van der Waals surface area contributed by atoms with Gasteiger partial charge in [-0.1, -0.05) is 60.1 Å². The molecule has 2 N–H and O–H groups in total. The number of aliphatic hydroxyl groups is 2. The van der Waals surface area contributed by atoms with Crippen molar-refractivity contribution in [3.8, 4) is 0 Å². The van der Waals surface area contributed by atoms with Crippen LogP contribution in [0.3, 0.4) is 0 Å². The summed E-state index contributed by atoms with van der Waals surface area (Å²) < 4.78 is 0. The predicted molar refractivity (Wildman–Crippen MR) is 133 cm³/mol. The fourth-order valence-electron chi connectivity index (χ4n) is 10.5. The van der Waals surface area contributed by atoms with Gasteiger partial charge in [-0.3, -0.25) is 4.79 Å². The molecule has 0 heterocycles. The number of allylic oxidation sites excluding steroid dienone is 2. The Labute approximate surface area is 201 Å². The lowest BCUT2D eigenvalue weighted by Crippen LogP contribution is -2.65. The molecule has 186 valence electrons. The number of ketones is 1. The minimum atomic E-state index is -0.581. The molecule has 5 rings (SSSR count). The minimum absolute atomic E-state index is 0.00210. The van der Waals surface area contributed by atoms with Crippen LogP contribution in [0.2, 0.25) is 0 Å². The first kappa shape index (κ1) is 24.0. The van der Waals surface area contributed by atoms with E-state index in [-0.39, 0.29) is 51.5 Å². The summed E-state index contributed by atoms with van der Waals surface area (Å²) in [6.45, 7) is 16.7. The van der Waals surface area contributed by atoms with Crippen molar-refractivity contribution >= 4 is 5.78 Å². The van der Waals surface area contributed by atoms with E-state index in [1.165, 1.54) is 6.42 Å². The minimum Gasteiger partial charge on any atom is -0.395 e. The molecule has 0 aromatic rings. The Morgan fingerprint density at radius 2 is 1.61 bits per heavy atom. The number of carbonyl (C=O) groups is 1. The van der Waals surface area contributed by atoms with E-state index in [9.17, 15) is 15.0 Å². The van der Waals surface area contributed by atoms with Gasteiger partial charge in [0.05, 0.1) is 18.1 Å². The normalized spacial score (nSPS) is 55.5. The number of Topliss-reactive ketones (excluding diaryl/α,β-unsaturated/α-hetero) is 1. The topological polar surface area (TPSA) is 57.5 Å². The third kappa shape index (κ3) is 2.85. The van der Waals surface area contributed by atoms with E-state index in [0.29, 0.717) is 18.3 Å². The molecule has 0 radical (unpaired) electrons. The molecule has 4 fully saturated rings. The Balaban J connectivity index is 1.59. The fourth-order valence-corrected chi connectivity index (χ4v) is 10.5. The summed E-state index contributed by atoms with van der Waals surface area (Å²) in [7, 11) is 0. The van der Waals surface area contributed by atoms with Crippen molar-refractivity contribution in [3.63, 3.8) is 0 Å². The number of fused-ring (bicyclic) bond motifs is 7. The molecule has 0 aromatic carbocycles. The molecule has 0 spiro atoms. The third-order valence-electron chi connectivity index (χ3n) is 13.0. The molecule has 1 unspecified atom stereocenters. The Bertz CT molecular complexity index is 889. The SMILES string of the molecule is CC1(C)C[C@@H](O)[C@]2(C)CC[C@]3(C)C(=CC[C@@H]4[C@@]5(C)CCC(=O)[C@](C)(CO)C5CC[C@]43C)[C@H]2C1. The van der Waals surface area contributed by atoms with Gasteiger partial charge >= 0.3 is 0 Å². The van der Waals surface area contributed by atoms with Crippen molar-refractivity contribution in [1.29, 1.82) is 0 Å². The maximum atomic E-state index is 13.0. The monoisotopic (exact) mass is 456 g/mol.